The van der Waals surface area contributed by atoms with Gasteiger partial charge in [0.2, 0.25) is 0 Å². The Morgan fingerprint density at radius 2 is 1.96 bits per heavy atom. The third kappa shape index (κ3) is 5.07. The van der Waals surface area contributed by atoms with Crippen LogP contribution in [0, 0.1) is 5.41 Å². The molecule has 0 bridgehead atoms. The van der Waals surface area contributed by atoms with Gasteiger partial charge in [-0.15, -0.1) is 0 Å². The van der Waals surface area contributed by atoms with Crippen LogP contribution in [0.4, 0.5) is 0 Å². The summed E-state index contributed by atoms with van der Waals surface area (Å²) >= 11 is 0. The summed E-state index contributed by atoms with van der Waals surface area (Å²) in [5, 5.41) is 0. The van der Waals surface area contributed by atoms with Gasteiger partial charge in [0.05, 0.1) is 0 Å². The maximum absolute atomic E-state index is 10.9. The molecule has 0 saturated heterocycles. The Balaban J connectivity index is 1.88. The molecule has 0 amide bonds. The lowest BCUT2D eigenvalue weighted by molar-refractivity contribution is -0.135. The average Bonchev–Trinajstić information content (AvgIpc) is 2.59. The molecule has 0 aliphatic carbocycles. The number of hydrogen-bond acceptors (Lipinski definition) is 3. The summed E-state index contributed by atoms with van der Waals surface area (Å²) in [6, 6.07) is 8.71. The normalized spacial score (nSPS) is 16.7. The molecule has 128 valence electrons. The van der Waals surface area contributed by atoms with Crippen molar-refractivity contribution in [2.45, 2.75) is 65.5 Å². The minimum atomic E-state index is 0.0366. The molecule has 23 heavy (non-hydrogen) atoms. The molecule has 0 saturated carbocycles. The Morgan fingerprint density at radius 1 is 1.26 bits per heavy atom. The van der Waals surface area contributed by atoms with E-state index >= 15 is 0 Å². The summed E-state index contributed by atoms with van der Waals surface area (Å²) in [5.41, 5.74) is 3.19. The number of ether oxygens (including phenoxy) is 1. The molecule has 1 atom stereocenters. The molecule has 2 rings (SSSR count). The topological polar surface area (TPSA) is 29.5 Å². The van der Waals surface area contributed by atoms with Crippen molar-refractivity contribution in [1.29, 1.82) is 0 Å². The number of rotatable bonds is 9. The van der Waals surface area contributed by atoms with E-state index < -0.39 is 0 Å². The zero-order valence-electron chi connectivity index (χ0n) is 14.9. The summed E-state index contributed by atoms with van der Waals surface area (Å²) in [5.74, 6) is 0. The van der Waals surface area contributed by atoms with Crippen LogP contribution in [-0.4, -0.2) is 30.6 Å². The number of benzene rings is 1. The maximum atomic E-state index is 10.9. The Morgan fingerprint density at radius 3 is 2.61 bits per heavy atom. The van der Waals surface area contributed by atoms with Gasteiger partial charge in [-0.2, -0.15) is 0 Å². The maximum Gasteiger partial charge on any atom is 0.293 e. The van der Waals surface area contributed by atoms with E-state index in [0.717, 1.165) is 51.7 Å². The van der Waals surface area contributed by atoms with Gasteiger partial charge in [-0.3, -0.25) is 9.69 Å². The minimum Gasteiger partial charge on any atom is -0.465 e. The van der Waals surface area contributed by atoms with Gasteiger partial charge in [0.1, 0.15) is 6.10 Å². The molecule has 1 aliphatic rings. The molecule has 0 aromatic heterocycles. The summed E-state index contributed by atoms with van der Waals surface area (Å²) in [6.07, 6.45) is 5.30. The van der Waals surface area contributed by atoms with Crippen LogP contribution in [0.25, 0.3) is 0 Å². The van der Waals surface area contributed by atoms with Crippen molar-refractivity contribution in [3.8, 4) is 0 Å². The zero-order chi connectivity index (χ0) is 16.7. The highest BCUT2D eigenvalue weighted by molar-refractivity contribution is 5.37. The second-order valence-corrected chi connectivity index (χ2v) is 7.16. The molecular formula is C20H31NO2. The van der Waals surface area contributed by atoms with Crippen LogP contribution in [0.5, 0.6) is 0 Å². The minimum absolute atomic E-state index is 0.0366. The fourth-order valence-electron chi connectivity index (χ4n) is 3.46. The Bertz CT molecular complexity index is 496. The second kappa shape index (κ2) is 8.49. The lowest BCUT2D eigenvalue weighted by Crippen LogP contribution is -2.34. The van der Waals surface area contributed by atoms with Gasteiger partial charge >= 0.3 is 0 Å². The van der Waals surface area contributed by atoms with Crippen molar-refractivity contribution in [3.63, 3.8) is 0 Å². The highest BCUT2D eigenvalue weighted by Crippen LogP contribution is 2.33. The van der Waals surface area contributed by atoms with E-state index in [4.69, 9.17) is 4.74 Å². The highest BCUT2D eigenvalue weighted by atomic mass is 16.5. The summed E-state index contributed by atoms with van der Waals surface area (Å²) in [4.78, 5) is 13.3. The van der Waals surface area contributed by atoms with Gasteiger partial charge in [0, 0.05) is 19.6 Å². The van der Waals surface area contributed by atoms with Gasteiger partial charge in [0.25, 0.3) is 6.47 Å². The number of carbonyl (C=O) groups is 1. The van der Waals surface area contributed by atoms with Crippen LogP contribution in [0.3, 0.4) is 0 Å². The van der Waals surface area contributed by atoms with E-state index in [-0.39, 0.29) is 11.5 Å². The summed E-state index contributed by atoms with van der Waals surface area (Å²) in [6.45, 7) is 10.5. The molecule has 1 unspecified atom stereocenters. The smallest absolute Gasteiger partial charge is 0.293 e. The first-order valence-corrected chi connectivity index (χ1v) is 8.98. The van der Waals surface area contributed by atoms with Gasteiger partial charge in [0.15, 0.2) is 0 Å². The third-order valence-corrected chi connectivity index (χ3v) is 5.65. The molecule has 1 aromatic carbocycles. The molecule has 1 aromatic rings. The quantitative estimate of drug-likeness (QED) is 0.640. The van der Waals surface area contributed by atoms with Crippen molar-refractivity contribution in [1.82, 2.24) is 4.90 Å². The number of carbonyl (C=O) groups excluding carboxylic acids is 1. The zero-order valence-corrected chi connectivity index (χ0v) is 14.9. The highest BCUT2D eigenvalue weighted by Gasteiger charge is 2.26. The predicted octanol–water partition coefficient (Wildman–Crippen LogP) is 4.19. The van der Waals surface area contributed by atoms with Crippen LogP contribution in [0.15, 0.2) is 24.3 Å². The Kier molecular flexibility index (Phi) is 6.64. The number of hydrogen-bond donors (Lipinski definition) is 0. The van der Waals surface area contributed by atoms with Crippen molar-refractivity contribution in [2.75, 3.05) is 13.1 Å². The Hall–Kier alpha value is -1.35. The van der Waals surface area contributed by atoms with E-state index in [9.17, 15) is 4.79 Å². The van der Waals surface area contributed by atoms with Crippen LogP contribution >= 0.6 is 0 Å². The molecule has 1 aliphatic heterocycles. The predicted molar refractivity (Wildman–Crippen MR) is 94.3 cm³/mol. The molecule has 1 heterocycles. The van der Waals surface area contributed by atoms with Crippen molar-refractivity contribution in [2.24, 2.45) is 5.41 Å². The molecule has 3 heteroatoms. The SMILES string of the molecule is CCC(C)(CC)CC(CCN1CCc2ccccc2C1)OC=O. The van der Waals surface area contributed by atoms with Crippen molar-refractivity contribution >= 4 is 6.47 Å². The average molecular weight is 317 g/mol. The van der Waals surface area contributed by atoms with Crippen LogP contribution in [-0.2, 0) is 22.5 Å². The monoisotopic (exact) mass is 317 g/mol. The van der Waals surface area contributed by atoms with Crippen LogP contribution in [0.1, 0.15) is 57.6 Å². The van der Waals surface area contributed by atoms with Crippen LogP contribution < -0.4 is 0 Å². The van der Waals surface area contributed by atoms with E-state index in [1.165, 1.54) is 11.1 Å². The first kappa shape index (κ1) is 18.0. The van der Waals surface area contributed by atoms with Gasteiger partial charge in [-0.05, 0) is 35.8 Å². The Labute approximate surface area is 141 Å². The van der Waals surface area contributed by atoms with E-state index in [1.54, 1.807) is 0 Å². The van der Waals surface area contributed by atoms with Gasteiger partial charge in [-0.25, -0.2) is 0 Å². The molecule has 3 nitrogen and oxygen atoms in total. The fraction of sp³-hybridized carbons (Fsp3) is 0.650. The fourth-order valence-corrected chi connectivity index (χ4v) is 3.46. The molecular weight excluding hydrogens is 286 g/mol. The largest absolute Gasteiger partial charge is 0.465 e. The standard InChI is InChI=1S/C20H31NO2/c1-4-20(3,5-2)14-19(23-16-22)11-13-21-12-10-17-8-6-7-9-18(17)15-21/h6-9,16,19H,4-5,10-15H2,1-3H3. The molecule has 0 fully saturated rings. The summed E-state index contributed by atoms with van der Waals surface area (Å²) in [7, 11) is 0. The van der Waals surface area contributed by atoms with E-state index in [0.29, 0.717) is 6.47 Å². The second-order valence-electron chi connectivity index (χ2n) is 7.16. The van der Waals surface area contributed by atoms with Crippen molar-refractivity contribution in [3.05, 3.63) is 35.4 Å². The molecule has 0 N–H and O–H groups in total. The first-order valence-electron chi connectivity index (χ1n) is 8.98. The van der Waals surface area contributed by atoms with E-state index in [1.807, 2.05) is 0 Å². The summed E-state index contributed by atoms with van der Waals surface area (Å²) < 4.78 is 5.39. The van der Waals surface area contributed by atoms with Crippen molar-refractivity contribution < 1.29 is 9.53 Å². The first-order chi connectivity index (χ1) is 11.1. The number of nitrogens with zero attached hydrogens (tertiary/aromatic N) is 1. The van der Waals surface area contributed by atoms with Gasteiger partial charge in [-0.1, -0.05) is 57.9 Å². The molecule has 0 radical (unpaired) electrons. The van der Waals surface area contributed by atoms with Gasteiger partial charge < -0.3 is 4.74 Å². The number of fused-ring (bicyclic) bond motifs is 1. The third-order valence-electron chi connectivity index (χ3n) is 5.65. The molecule has 0 spiro atoms. The lowest BCUT2D eigenvalue weighted by atomic mass is 9.79. The lowest BCUT2D eigenvalue weighted by Gasteiger charge is -2.33. The van der Waals surface area contributed by atoms with Crippen LogP contribution in [0.2, 0.25) is 0 Å². The van der Waals surface area contributed by atoms with E-state index in [2.05, 4.69) is 49.9 Å².